The second-order valence-corrected chi connectivity index (χ2v) is 8.97. The first-order valence-electron chi connectivity index (χ1n) is 10.4. The monoisotopic (exact) mass is 416 g/mol. The van der Waals surface area contributed by atoms with Gasteiger partial charge in [0, 0.05) is 17.0 Å². The first-order chi connectivity index (χ1) is 14.0. The van der Waals surface area contributed by atoms with Crippen LogP contribution in [0.3, 0.4) is 0 Å². The van der Waals surface area contributed by atoms with Crippen LogP contribution >= 0.6 is 11.3 Å². The number of hydrogen-bond donors (Lipinski definition) is 1. The molecule has 1 unspecified atom stereocenters. The molecule has 0 spiro atoms. The van der Waals surface area contributed by atoms with Crippen LogP contribution < -0.4 is 14.8 Å². The van der Waals surface area contributed by atoms with Crippen molar-refractivity contribution >= 4 is 17.2 Å². The van der Waals surface area contributed by atoms with E-state index < -0.39 is 0 Å². The van der Waals surface area contributed by atoms with Crippen molar-refractivity contribution in [2.24, 2.45) is 5.92 Å². The van der Waals surface area contributed by atoms with E-state index in [1.165, 1.54) is 17.7 Å². The standard InChI is InChI=1S/C23H32N2O3S/c1-16(2)28-20-8-7-18(14-21(20)27-4)23(26)24-15-19(22-6-5-13-29-22)25-11-9-17(3)10-12-25/h5-8,13-14,16-17,19H,9-12,15H2,1-4H3,(H,24,26). The van der Waals surface area contributed by atoms with Crippen molar-refractivity contribution in [1.29, 1.82) is 0 Å². The molecule has 1 saturated heterocycles. The molecule has 29 heavy (non-hydrogen) atoms. The number of thiophene rings is 1. The van der Waals surface area contributed by atoms with Crippen molar-refractivity contribution in [1.82, 2.24) is 10.2 Å². The Bertz CT molecular complexity index is 783. The van der Waals surface area contributed by atoms with E-state index in [0.29, 0.717) is 23.6 Å². The molecule has 1 amide bonds. The van der Waals surface area contributed by atoms with E-state index in [9.17, 15) is 4.79 Å². The highest BCUT2D eigenvalue weighted by molar-refractivity contribution is 7.10. The van der Waals surface area contributed by atoms with Gasteiger partial charge in [0.05, 0.1) is 19.3 Å². The van der Waals surface area contributed by atoms with Crippen LogP contribution in [-0.4, -0.2) is 43.7 Å². The second kappa shape index (κ2) is 10.1. The Morgan fingerprint density at radius 1 is 1.24 bits per heavy atom. The van der Waals surface area contributed by atoms with Gasteiger partial charge in [0.1, 0.15) is 0 Å². The lowest BCUT2D eigenvalue weighted by atomic mass is 9.97. The second-order valence-electron chi connectivity index (χ2n) is 7.99. The van der Waals surface area contributed by atoms with Crippen LogP contribution in [0.15, 0.2) is 35.7 Å². The number of rotatable bonds is 8. The summed E-state index contributed by atoms with van der Waals surface area (Å²) < 4.78 is 11.2. The summed E-state index contributed by atoms with van der Waals surface area (Å²) >= 11 is 1.76. The SMILES string of the molecule is COc1cc(C(=O)NCC(c2cccs2)N2CCC(C)CC2)ccc1OC(C)C. The van der Waals surface area contributed by atoms with E-state index >= 15 is 0 Å². The van der Waals surface area contributed by atoms with Crippen LogP contribution in [0.2, 0.25) is 0 Å². The Hall–Kier alpha value is -2.05. The molecule has 2 heterocycles. The van der Waals surface area contributed by atoms with Gasteiger partial charge in [0.25, 0.3) is 5.91 Å². The number of nitrogens with zero attached hydrogens (tertiary/aromatic N) is 1. The molecular weight excluding hydrogens is 384 g/mol. The summed E-state index contributed by atoms with van der Waals surface area (Å²) in [6.45, 7) is 9.00. The topological polar surface area (TPSA) is 50.8 Å². The fourth-order valence-electron chi connectivity index (χ4n) is 3.68. The van der Waals surface area contributed by atoms with Crippen LogP contribution in [0.1, 0.15) is 54.9 Å². The first-order valence-corrected chi connectivity index (χ1v) is 11.3. The molecular formula is C23H32N2O3S. The highest BCUT2D eigenvalue weighted by Gasteiger charge is 2.26. The average molecular weight is 417 g/mol. The van der Waals surface area contributed by atoms with E-state index in [1.54, 1.807) is 36.6 Å². The van der Waals surface area contributed by atoms with Crippen molar-refractivity contribution in [3.63, 3.8) is 0 Å². The number of methoxy groups -OCH3 is 1. The Morgan fingerprint density at radius 3 is 2.62 bits per heavy atom. The quantitative estimate of drug-likeness (QED) is 0.675. The first kappa shape index (κ1) is 21.7. The summed E-state index contributed by atoms with van der Waals surface area (Å²) in [6.07, 6.45) is 2.47. The summed E-state index contributed by atoms with van der Waals surface area (Å²) in [4.78, 5) is 16.6. The molecule has 1 aromatic carbocycles. The van der Waals surface area contributed by atoms with Gasteiger partial charge in [0.15, 0.2) is 11.5 Å². The van der Waals surface area contributed by atoms with E-state index in [-0.39, 0.29) is 18.1 Å². The third kappa shape index (κ3) is 5.73. The number of benzene rings is 1. The van der Waals surface area contributed by atoms with Gasteiger partial charge in [0.2, 0.25) is 0 Å². The van der Waals surface area contributed by atoms with Gasteiger partial charge in [-0.2, -0.15) is 0 Å². The minimum atomic E-state index is -0.0914. The van der Waals surface area contributed by atoms with Crippen LogP contribution in [0.4, 0.5) is 0 Å². The molecule has 1 aliphatic heterocycles. The molecule has 1 aromatic heterocycles. The van der Waals surface area contributed by atoms with Crippen LogP contribution in [-0.2, 0) is 0 Å². The number of nitrogens with one attached hydrogen (secondary N) is 1. The van der Waals surface area contributed by atoms with Crippen molar-refractivity contribution in [2.75, 3.05) is 26.7 Å². The van der Waals surface area contributed by atoms with Crippen molar-refractivity contribution in [3.8, 4) is 11.5 Å². The predicted octanol–water partition coefficient (Wildman–Crippen LogP) is 4.75. The highest BCUT2D eigenvalue weighted by atomic mass is 32.1. The molecule has 0 bridgehead atoms. The minimum absolute atomic E-state index is 0.0439. The number of amides is 1. The number of ether oxygens (including phenoxy) is 2. The van der Waals surface area contributed by atoms with Gasteiger partial charge in [-0.05, 0) is 75.3 Å². The Kier molecular flexibility index (Phi) is 7.56. The molecule has 1 fully saturated rings. The molecule has 5 nitrogen and oxygen atoms in total. The molecule has 1 N–H and O–H groups in total. The number of piperidine rings is 1. The number of carbonyl (C=O) groups is 1. The summed E-state index contributed by atoms with van der Waals surface area (Å²) in [5.41, 5.74) is 0.579. The molecule has 3 rings (SSSR count). The maximum Gasteiger partial charge on any atom is 0.251 e. The summed E-state index contributed by atoms with van der Waals surface area (Å²) in [5, 5.41) is 5.24. The molecule has 0 aliphatic carbocycles. The van der Waals surface area contributed by atoms with Gasteiger partial charge in [-0.3, -0.25) is 9.69 Å². The zero-order chi connectivity index (χ0) is 20.8. The lowest BCUT2D eigenvalue weighted by Crippen LogP contribution is -2.41. The number of likely N-dealkylation sites (tertiary alicyclic amines) is 1. The molecule has 158 valence electrons. The molecule has 6 heteroatoms. The average Bonchev–Trinajstić information content (AvgIpc) is 3.23. The third-order valence-electron chi connectivity index (χ3n) is 5.38. The van der Waals surface area contributed by atoms with Crippen LogP contribution in [0.25, 0.3) is 0 Å². The lowest BCUT2D eigenvalue weighted by molar-refractivity contribution is 0.0914. The van der Waals surface area contributed by atoms with Gasteiger partial charge in [-0.25, -0.2) is 0 Å². The van der Waals surface area contributed by atoms with Gasteiger partial charge < -0.3 is 14.8 Å². The zero-order valence-electron chi connectivity index (χ0n) is 17.8. The lowest BCUT2D eigenvalue weighted by Gasteiger charge is -2.36. The smallest absolute Gasteiger partial charge is 0.251 e. The fourth-order valence-corrected chi connectivity index (χ4v) is 4.54. The summed E-state index contributed by atoms with van der Waals surface area (Å²) in [5.74, 6) is 1.92. The van der Waals surface area contributed by atoms with E-state index in [0.717, 1.165) is 19.0 Å². The number of carbonyl (C=O) groups excluding carboxylic acids is 1. The molecule has 1 aliphatic rings. The fraction of sp³-hybridized carbons (Fsp3) is 0.522. The Labute approximate surface area is 178 Å². The van der Waals surface area contributed by atoms with Crippen LogP contribution in [0.5, 0.6) is 11.5 Å². The maximum absolute atomic E-state index is 12.8. The Morgan fingerprint density at radius 2 is 2.00 bits per heavy atom. The molecule has 0 radical (unpaired) electrons. The maximum atomic E-state index is 12.8. The zero-order valence-corrected chi connectivity index (χ0v) is 18.6. The minimum Gasteiger partial charge on any atom is -0.493 e. The van der Waals surface area contributed by atoms with Gasteiger partial charge in [-0.1, -0.05) is 13.0 Å². The normalized spacial score (nSPS) is 16.6. The third-order valence-corrected chi connectivity index (χ3v) is 6.35. The summed E-state index contributed by atoms with van der Waals surface area (Å²) in [6, 6.07) is 9.81. The molecule has 1 atom stereocenters. The number of hydrogen-bond acceptors (Lipinski definition) is 5. The van der Waals surface area contributed by atoms with Crippen LogP contribution in [0, 0.1) is 5.92 Å². The highest BCUT2D eigenvalue weighted by Crippen LogP contribution is 2.30. The van der Waals surface area contributed by atoms with E-state index in [2.05, 4.69) is 34.7 Å². The Balaban J connectivity index is 1.68. The van der Waals surface area contributed by atoms with E-state index in [4.69, 9.17) is 9.47 Å². The van der Waals surface area contributed by atoms with Crippen molar-refractivity contribution in [2.45, 2.75) is 45.8 Å². The van der Waals surface area contributed by atoms with E-state index in [1.807, 2.05) is 13.8 Å². The van der Waals surface area contributed by atoms with Crippen molar-refractivity contribution < 1.29 is 14.3 Å². The van der Waals surface area contributed by atoms with Gasteiger partial charge in [-0.15, -0.1) is 11.3 Å². The van der Waals surface area contributed by atoms with Crippen molar-refractivity contribution in [3.05, 3.63) is 46.2 Å². The predicted molar refractivity (Wildman–Crippen MR) is 118 cm³/mol. The van der Waals surface area contributed by atoms with Gasteiger partial charge >= 0.3 is 0 Å². The molecule has 2 aromatic rings. The summed E-state index contributed by atoms with van der Waals surface area (Å²) in [7, 11) is 1.59. The largest absolute Gasteiger partial charge is 0.493 e. The molecule has 0 saturated carbocycles.